The molecule has 3 heterocycles. The van der Waals surface area contributed by atoms with Gasteiger partial charge in [-0.3, -0.25) is 0 Å². The molecule has 0 saturated heterocycles. The fourth-order valence-electron chi connectivity index (χ4n) is 1.84. The number of thiophene rings is 3. The number of hydrogen-bond acceptors (Lipinski definition) is 5. The monoisotopic (exact) mass is 308 g/mol. The zero-order chi connectivity index (χ0) is 13.2. The first kappa shape index (κ1) is 13.0. The topological polar surface area (TPSA) is 40.5 Å². The highest BCUT2D eigenvalue weighted by Gasteiger charge is 2.18. The van der Waals surface area contributed by atoms with Gasteiger partial charge in [0, 0.05) is 19.5 Å². The molecule has 0 aromatic carbocycles. The smallest absolute Gasteiger partial charge is 0.122 e. The van der Waals surface area contributed by atoms with E-state index in [1.807, 2.05) is 47.2 Å². The van der Waals surface area contributed by atoms with Crippen LogP contribution < -0.4 is 0 Å². The van der Waals surface area contributed by atoms with E-state index in [4.69, 9.17) is 0 Å². The Morgan fingerprint density at radius 3 is 1.53 bits per heavy atom. The predicted molar refractivity (Wildman–Crippen MR) is 81.1 cm³/mol. The highest BCUT2D eigenvalue weighted by Crippen LogP contribution is 2.35. The van der Waals surface area contributed by atoms with E-state index < -0.39 is 12.2 Å². The first-order valence-corrected chi connectivity index (χ1v) is 8.36. The quantitative estimate of drug-likeness (QED) is 0.764. The fraction of sp³-hybridized carbons (Fsp3) is 0.143. The third kappa shape index (κ3) is 2.66. The van der Waals surface area contributed by atoms with E-state index in [2.05, 4.69) is 0 Å². The van der Waals surface area contributed by atoms with Crippen LogP contribution in [0.15, 0.2) is 47.2 Å². The zero-order valence-corrected chi connectivity index (χ0v) is 12.3. The van der Waals surface area contributed by atoms with E-state index in [0.717, 1.165) is 19.5 Å². The second-order valence-electron chi connectivity index (χ2n) is 4.08. The fourth-order valence-corrected chi connectivity index (χ4v) is 4.46. The van der Waals surface area contributed by atoms with Crippen LogP contribution in [0.1, 0.15) is 31.7 Å². The number of aliphatic hydroxyl groups is 2. The van der Waals surface area contributed by atoms with Crippen molar-refractivity contribution in [1.82, 2.24) is 0 Å². The van der Waals surface area contributed by atoms with Gasteiger partial charge in [-0.05, 0) is 35.0 Å². The van der Waals surface area contributed by atoms with Crippen molar-refractivity contribution in [2.45, 2.75) is 12.2 Å². The second kappa shape index (κ2) is 5.56. The normalized spacial score (nSPS) is 14.4. The summed E-state index contributed by atoms with van der Waals surface area (Å²) in [6.45, 7) is 0. The summed E-state index contributed by atoms with van der Waals surface area (Å²) < 4.78 is 0. The molecule has 2 N–H and O–H groups in total. The van der Waals surface area contributed by atoms with Crippen molar-refractivity contribution in [3.63, 3.8) is 0 Å². The molecule has 2 nitrogen and oxygen atoms in total. The van der Waals surface area contributed by atoms with Crippen LogP contribution in [0, 0.1) is 0 Å². The molecule has 3 rings (SSSR count). The van der Waals surface area contributed by atoms with Crippen molar-refractivity contribution in [2.24, 2.45) is 0 Å². The van der Waals surface area contributed by atoms with Crippen molar-refractivity contribution in [3.8, 4) is 0 Å². The minimum Gasteiger partial charge on any atom is -0.382 e. The molecule has 19 heavy (non-hydrogen) atoms. The van der Waals surface area contributed by atoms with Crippen LogP contribution in [0.4, 0.5) is 0 Å². The highest BCUT2D eigenvalue weighted by atomic mass is 32.1. The maximum Gasteiger partial charge on any atom is 0.122 e. The van der Waals surface area contributed by atoms with E-state index in [1.54, 1.807) is 0 Å². The van der Waals surface area contributed by atoms with Crippen LogP contribution in [0.3, 0.4) is 0 Å². The summed E-state index contributed by atoms with van der Waals surface area (Å²) in [6.07, 6.45) is -1.18. The average Bonchev–Trinajstić information content (AvgIpc) is 3.16. The van der Waals surface area contributed by atoms with Crippen LogP contribution in [-0.4, -0.2) is 10.2 Å². The number of rotatable bonds is 4. The summed E-state index contributed by atoms with van der Waals surface area (Å²) in [6, 6.07) is 11.5. The highest BCUT2D eigenvalue weighted by molar-refractivity contribution is 7.13. The molecule has 2 atom stereocenters. The lowest BCUT2D eigenvalue weighted by atomic mass is 10.2. The maximum absolute atomic E-state index is 10.2. The van der Waals surface area contributed by atoms with Gasteiger partial charge in [-0.2, -0.15) is 0 Å². The van der Waals surface area contributed by atoms with Crippen LogP contribution in [0.25, 0.3) is 0 Å². The van der Waals surface area contributed by atoms with Crippen molar-refractivity contribution >= 4 is 34.0 Å². The van der Waals surface area contributed by atoms with Crippen LogP contribution in [0.5, 0.6) is 0 Å². The Bertz CT molecular complexity index is 571. The van der Waals surface area contributed by atoms with E-state index in [9.17, 15) is 10.2 Å². The minimum absolute atomic E-state index is 0.589. The van der Waals surface area contributed by atoms with Gasteiger partial charge in [0.25, 0.3) is 0 Å². The van der Waals surface area contributed by atoms with Gasteiger partial charge < -0.3 is 10.2 Å². The van der Waals surface area contributed by atoms with E-state index in [0.29, 0.717) is 0 Å². The Balaban J connectivity index is 1.83. The van der Waals surface area contributed by atoms with Gasteiger partial charge in [0.05, 0.1) is 0 Å². The molecule has 0 aliphatic heterocycles. The Hall–Kier alpha value is -0.980. The van der Waals surface area contributed by atoms with Crippen LogP contribution >= 0.6 is 34.0 Å². The molecule has 0 amide bonds. The lowest BCUT2D eigenvalue weighted by molar-refractivity contribution is 0.227. The molecule has 3 aromatic heterocycles. The average molecular weight is 308 g/mol. The molecule has 0 fully saturated rings. The molecular formula is C14H12O2S3. The largest absolute Gasteiger partial charge is 0.382 e. The standard InChI is InChI=1S/C14H12O2S3/c15-13(9-3-1-7-17-9)11-5-6-12(19-11)14(16)10-4-2-8-18-10/h1-8,13-16H. The molecule has 5 heteroatoms. The Morgan fingerprint density at radius 1 is 0.684 bits per heavy atom. The molecule has 0 radical (unpaired) electrons. The number of hydrogen-bond donors (Lipinski definition) is 2. The van der Waals surface area contributed by atoms with Gasteiger partial charge in [-0.25, -0.2) is 0 Å². The van der Waals surface area contributed by atoms with Crippen molar-refractivity contribution in [3.05, 3.63) is 66.7 Å². The zero-order valence-electron chi connectivity index (χ0n) is 9.89. The SMILES string of the molecule is OC(c1cccs1)c1ccc(C(O)c2cccs2)s1. The third-order valence-electron chi connectivity index (χ3n) is 2.81. The molecule has 0 aliphatic rings. The first-order chi connectivity index (χ1) is 9.25. The molecule has 2 unspecified atom stereocenters. The molecule has 0 bridgehead atoms. The molecular weight excluding hydrogens is 296 g/mol. The van der Waals surface area contributed by atoms with E-state index in [1.165, 1.54) is 34.0 Å². The lowest BCUT2D eigenvalue weighted by Crippen LogP contribution is -1.94. The lowest BCUT2D eigenvalue weighted by Gasteiger charge is -2.07. The number of aliphatic hydroxyl groups excluding tert-OH is 2. The van der Waals surface area contributed by atoms with Gasteiger partial charge in [0.15, 0.2) is 0 Å². The Morgan fingerprint density at radius 2 is 1.16 bits per heavy atom. The first-order valence-electron chi connectivity index (χ1n) is 5.78. The van der Waals surface area contributed by atoms with Gasteiger partial charge in [-0.1, -0.05) is 12.1 Å². The molecule has 3 aromatic rings. The van der Waals surface area contributed by atoms with E-state index >= 15 is 0 Å². The van der Waals surface area contributed by atoms with Crippen molar-refractivity contribution in [2.75, 3.05) is 0 Å². The molecule has 98 valence electrons. The van der Waals surface area contributed by atoms with Gasteiger partial charge in [0.2, 0.25) is 0 Å². The summed E-state index contributed by atoms with van der Waals surface area (Å²) in [7, 11) is 0. The van der Waals surface area contributed by atoms with Crippen molar-refractivity contribution in [1.29, 1.82) is 0 Å². The second-order valence-corrected chi connectivity index (χ2v) is 7.18. The van der Waals surface area contributed by atoms with Crippen molar-refractivity contribution < 1.29 is 10.2 Å². The summed E-state index contributed by atoms with van der Waals surface area (Å²) in [5.74, 6) is 0. The summed E-state index contributed by atoms with van der Waals surface area (Å²) in [5.41, 5.74) is 0. The van der Waals surface area contributed by atoms with E-state index in [-0.39, 0.29) is 0 Å². The molecule has 0 spiro atoms. The molecule has 0 saturated carbocycles. The van der Waals surface area contributed by atoms with Gasteiger partial charge in [0.1, 0.15) is 12.2 Å². The van der Waals surface area contributed by atoms with Gasteiger partial charge >= 0.3 is 0 Å². The Kier molecular flexibility index (Phi) is 3.81. The van der Waals surface area contributed by atoms with Crippen LogP contribution in [-0.2, 0) is 0 Å². The molecule has 0 aliphatic carbocycles. The minimum atomic E-state index is -0.589. The predicted octanol–water partition coefficient (Wildman–Crippen LogP) is 4.03. The van der Waals surface area contributed by atoms with Crippen LogP contribution in [0.2, 0.25) is 0 Å². The summed E-state index contributed by atoms with van der Waals surface area (Å²) in [4.78, 5) is 3.60. The summed E-state index contributed by atoms with van der Waals surface area (Å²) in [5, 5.41) is 24.4. The summed E-state index contributed by atoms with van der Waals surface area (Å²) >= 11 is 4.53. The third-order valence-corrected chi connectivity index (χ3v) is 5.85. The Labute approximate surface area is 123 Å². The van der Waals surface area contributed by atoms with Gasteiger partial charge in [-0.15, -0.1) is 34.0 Å². The maximum atomic E-state index is 10.2.